The average molecular weight is 423 g/mol. The molecule has 1 aliphatic heterocycles. The van der Waals surface area contributed by atoms with Crippen molar-refractivity contribution in [3.63, 3.8) is 0 Å². The van der Waals surface area contributed by atoms with Crippen LogP contribution in [0.3, 0.4) is 0 Å². The molecule has 0 bridgehead atoms. The van der Waals surface area contributed by atoms with Gasteiger partial charge in [0.15, 0.2) is 11.5 Å². The van der Waals surface area contributed by atoms with Crippen molar-refractivity contribution < 1.29 is 13.6 Å². The van der Waals surface area contributed by atoms with E-state index >= 15 is 0 Å². The average Bonchev–Trinajstić information content (AvgIpc) is 3.53. The number of likely N-dealkylation sites (tertiary alicyclic amines) is 1. The van der Waals surface area contributed by atoms with Gasteiger partial charge in [0.05, 0.1) is 17.4 Å². The number of hydrogen-bond acceptors (Lipinski definition) is 5. The highest BCUT2D eigenvalue weighted by Crippen LogP contribution is 2.32. The van der Waals surface area contributed by atoms with Crippen LogP contribution in [0.25, 0.3) is 28.1 Å². The Balaban J connectivity index is 1.38. The number of H-pyrrole nitrogens is 1. The molecular weight excluding hydrogens is 404 g/mol. The van der Waals surface area contributed by atoms with Crippen LogP contribution in [0.1, 0.15) is 23.7 Å². The lowest BCUT2D eigenvalue weighted by molar-refractivity contribution is -0.0343. The van der Waals surface area contributed by atoms with Gasteiger partial charge in [0.1, 0.15) is 6.33 Å². The molecule has 3 aromatic heterocycles. The van der Waals surface area contributed by atoms with Crippen LogP contribution in [0, 0.1) is 5.92 Å². The fourth-order valence-electron chi connectivity index (χ4n) is 3.87. The summed E-state index contributed by atoms with van der Waals surface area (Å²) in [6.45, 7) is 1.28. The van der Waals surface area contributed by atoms with Crippen molar-refractivity contribution in [3.8, 4) is 17.1 Å². The minimum absolute atomic E-state index is 0.0527. The van der Waals surface area contributed by atoms with Gasteiger partial charge in [-0.15, -0.1) is 0 Å². The summed E-state index contributed by atoms with van der Waals surface area (Å²) in [6.07, 6.45) is 4.86. The number of hydrogen-bond donors (Lipinski definition) is 1. The number of alkyl halides is 2. The zero-order valence-electron chi connectivity index (χ0n) is 16.7. The van der Waals surface area contributed by atoms with Gasteiger partial charge in [0.25, 0.3) is 5.91 Å². The van der Waals surface area contributed by atoms with Crippen molar-refractivity contribution in [2.24, 2.45) is 5.92 Å². The van der Waals surface area contributed by atoms with Crippen LogP contribution in [0.15, 0.2) is 49.1 Å². The van der Waals surface area contributed by atoms with Crippen molar-refractivity contribution in [1.82, 2.24) is 34.8 Å². The molecule has 1 N–H and O–H groups in total. The van der Waals surface area contributed by atoms with E-state index in [0.29, 0.717) is 35.4 Å². The molecule has 1 amide bonds. The van der Waals surface area contributed by atoms with Gasteiger partial charge in [0, 0.05) is 36.2 Å². The van der Waals surface area contributed by atoms with Crippen molar-refractivity contribution in [2.75, 3.05) is 13.1 Å². The molecule has 0 saturated carbocycles. The molecular formula is C21H19F2N7O. The fourth-order valence-corrected chi connectivity index (χ4v) is 3.87. The highest BCUT2D eigenvalue weighted by molar-refractivity contribution is 5.97. The van der Waals surface area contributed by atoms with Crippen LogP contribution in [-0.2, 0) is 0 Å². The van der Waals surface area contributed by atoms with E-state index < -0.39 is 11.8 Å². The first-order chi connectivity index (χ1) is 14.9. The molecule has 158 valence electrons. The Morgan fingerprint density at radius 3 is 2.68 bits per heavy atom. The summed E-state index contributed by atoms with van der Waals surface area (Å²) < 4.78 is 28.8. The maximum Gasteiger partial charge on any atom is 0.255 e. The van der Waals surface area contributed by atoms with Crippen molar-refractivity contribution in [3.05, 3.63) is 54.6 Å². The summed E-state index contributed by atoms with van der Waals surface area (Å²) >= 11 is 0. The number of nitrogens with zero attached hydrogens (tertiary/aromatic N) is 6. The van der Waals surface area contributed by atoms with E-state index in [4.69, 9.17) is 0 Å². The highest BCUT2D eigenvalue weighted by atomic mass is 19.3. The van der Waals surface area contributed by atoms with Crippen LogP contribution >= 0.6 is 0 Å². The van der Waals surface area contributed by atoms with Gasteiger partial charge in [-0.25, -0.2) is 23.4 Å². The Morgan fingerprint density at radius 2 is 2.00 bits per heavy atom. The SMILES string of the molecule is CC(F)(F)[C@H]1CCN(C(=O)c2cnc3c(cnn3-c3ccc(-c4ncn[nH]4)cc3)c2)C1. The Bertz CT molecular complexity index is 1230. The molecule has 1 fully saturated rings. The third-order valence-electron chi connectivity index (χ3n) is 5.65. The first kappa shape index (κ1) is 19.3. The van der Waals surface area contributed by atoms with Gasteiger partial charge in [-0.1, -0.05) is 0 Å². The van der Waals surface area contributed by atoms with Gasteiger partial charge in [-0.05, 0) is 43.7 Å². The van der Waals surface area contributed by atoms with E-state index in [1.807, 2.05) is 24.3 Å². The number of aromatic nitrogens is 6. The Kier molecular flexibility index (Phi) is 4.49. The molecule has 1 aromatic carbocycles. The summed E-state index contributed by atoms with van der Waals surface area (Å²) in [5, 5.41) is 11.8. The first-order valence-electron chi connectivity index (χ1n) is 9.87. The number of carbonyl (C=O) groups is 1. The first-order valence-corrected chi connectivity index (χ1v) is 9.87. The summed E-state index contributed by atoms with van der Waals surface area (Å²) in [4.78, 5) is 22.8. The van der Waals surface area contributed by atoms with Gasteiger partial charge in [0.2, 0.25) is 5.92 Å². The lowest BCUT2D eigenvalue weighted by Gasteiger charge is -2.20. The van der Waals surface area contributed by atoms with Gasteiger partial charge in [-0.3, -0.25) is 9.89 Å². The normalized spacial score (nSPS) is 16.9. The second kappa shape index (κ2) is 7.22. The number of fused-ring (bicyclic) bond motifs is 1. The summed E-state index contributed by atoms with van der Waals surface area (Å²) in [5.41, 5.74) is 2.66. The second-order valence-electron chi connectivity index (χ2n) is 7.77. The Hall–Kier alpha value is -3.69. The lowest BCUT2D eigenvalue weighted by Crippen LogP contribution is -2.32. The summed E-state index contributed by atoms with van der Waals surface area (Å²) in [5.74, 6) is -3.22. The van der Waals surface area contributed by atoms with Crippen LogP contribution in [0.4, 0.5) is 8.78 Å². The lowest BCUT2D eigenvalue weighted by atomic mass is 10.0. The van der Waals surface area contributed by atoms with Crippen LogP contribution in [-0.4, -0.2) is 59.8 Å². The summed E-state index contributed by atoms with van der Waals surface area (Å²) in [7, 11) is 0. The van der Waals surface area contributed by atoms with Crippen molar-refractivity contribution >= 4 is 16.9 Å². The predicted molar refractivity (Wildman–Crippen MR) is 109 cm³/mol. The predicted octanol–water partition coefficient (Wildman–Crippen LogP) is 3.32. The number of pyridine rings is 1. The van der Waals surface area contributed by atoms with E-state index in [2.05, 4.69) is 25.3 Å². The topological polar surface area (TPSA) is 92.6 Å². The smallest absolute Gasteiger partial charge is 0.255 e. The van der Waals surface area contributed by atoms with Crippen LogP contribution < -0.4 is 0 Å². The standard InChI is InChI=1S/C21H19F2N7O/c1-21(22,23)16-6-7-29(11-16)20(31)15-8-14-10-27-30(19(14)24-9-15)17-4-2-13(3-5-17)18-25-12-26-28-18/h2-5,8-10,12,16H,6-7,11H2,1H3,(H,25,26,28)/t16-/m0/s1. The number of nitrogens with one attached hydrogen (secondary N) is 1. The van der Waals surface area contributed by atoms with Crippen LogP contribution in [0.5, 0.6) is 0 Å². The van der Waals surface area contributed by atoms with Crippen molar-refractivity contribution in [2.45, 2.75) is 19.3 Å². The molecule has 10 heteroatoms. The van der Waals surface area contributed by atoms with Crippen molar-refractivity contribution in [1.29, 1.82) is 0 Å². The van der Waals surface area contributed by atoms with Crippen LogP contribution in [0.2, 0.25) is 0 Å². The molecule has 0 spiro atoms. The summed E-state index contributed by atoms with van der Waals surface area (Å²) in [6, 6.07) is 9.28. The molecule has 1 aliphatic rings. The molecule has 4 aromatic rings. The number of amides is 1. The quantitative estimate of drug-likeness (QED) is 0.544. The largest absolute Gasteiger partial charge is 0.338 e. The molecule has 31 heavy (non-hydrogen) atoms. The zero-order valence-corrected chi connectivity index (χ0v) is 16.7. The number of aromatic amines is 1. The molecule has 0 unspecified atom stereocenters. The highest BCUT2D eigenvalue weighted by Gasteiger charge is 2.40. The minimum atomic E-state index is -2.79. The molecule has 5 rings (SSSR count). The molecule has 1 saturated heterocycles. The fraction of sp³-hybridized carbons (Fsp3) is 0.286. The third kappa shape index (κ3) is 3.54. The van der Waals surface area contributed by atoms with E-state index in [0.717, 1.165) is 18.2 Å². The van der Waals surface area contributed by atoms with E-state index in [9.17, 15) is 13.6 Å². The maximum atomic E-state index is 13.6. The molecule has 0 radical (unpaired) electrons. The molecule has 4 heterocycles. The van der Waals surface area contributed by atoms with E-state index in [1.54, 1.807) is 16.9 Å². The van der Waals surface area contributed by atoms with E-state index in [-0.39, 0.29) is 12.5 Å². The number of rotatable bonds is 4. The van der Waals surface area contributed by atoms with Gasteiger partial charge in [-0.2, -0.15) is 10.2 Å². The molecule has 1 atom stereocenters. The second-order valence-corrected chi connectivity index (χ2v) is 7.77. The maximum absolute atomic E-state index is 13.6. The zero-order chi connectivity index (χ0) is 21.6. The van der Waals surface area contributed by atoms with Gasteiger partial charge < -0.3 is 4.90 Å². The Morgan fingerprint density at radius 1 is 1.19 bits per heavy atom. The van der Waals surface area contributed by atoms with Gasteiger partial charge >= 0.3 is 0 Å². The number of carbonyl (C=O) groups excluding carboxylic acids is 1. The minimum Gasteiger partial charge on any atom is -0.338 e. The molecule has 8 nitrogen and oxygen atoms in total. The number of halogens is 2. The third-order valence-corrected chi connectivity index (χ3v) is 5.65. The monoisotopic (exact) mass is 423 g/mol. The molecule has 0 aliphatic carbocycles. The van der Waals surface area contributed by atoms with E-state index in [1.165, 1.54) is 17.4 Å². The number of benzene rings is 1. The Labute approximate surface area is 175 Å².